The first-order valence-corrected chi connectivity index (χ1v) is 10.1. The molecule has 1 saturated heterocycles. The van der Waals surface area contributed by atoms with Gasteiger partial charge >= 0.3 is 6.09 Å². The number of rotatable bonds is 8. The summed E-state index contributed by atoms with van der Waals surface area (Å²) in [5.74, 6) is -0.868. The van der Waals surface area contributed by atoms with E-state index >= 15 is 0 Å². The number of carbonyl (C=O) groups is 4. The molecule has 0 aliphatic carbocycles. The average Bonchev–Trinajstić information content (AvgIpc) is 2.73. The van der Waals surface area contributed by atoms with Crippen LogP contribution in [-0.2, 0) is 25.7 Å². The van der Waals surface area contributed by atoms with Gasteiger partial charge < -0.3 is 26.0 Å². The van der Waals surface area contributed by atoms with E-state index in [4.69, 9.17) is 10.5 Å². The summed E-state index contributed by atoms with van der Waals surface area (Å²) in [5, 5.41) is 5.30. The molecule has 1 aliphatic rings. The Bertz CT molecular complexity index is 759. The van der Waals surface area contributed by atoms with Crippen molar-refractivity contribution in [1.82, 2.24) is 15.5 Å². The molecule has 2 atom stereocenters. The molecule has 0 saturated carbocycles. The molecule has 0 bridgehead atoms. The number of nitrogens with zero attached hydrogens (tertiary/aromatic N) is 1. The fraction of sp³-hybridized carbons (Fsp3) is 0.524. The summed E-state index contributed by atoms with van der Waals surface area (Å²) in [4.78, 5) is 50.3. The number of ether oxygens (including phenoxy) is 1. The first-order valence-electron chi connectivity index (χ1n) is 10.1. The molecule has 3 amide bonds. The Morgan fingerprint density at radius 3 is 2.48 bits per heavy atom. The lowest BCUT2D eigenvalue weighted by molar-refractivity contribution is -0.138. The maximum Gasteiger partial charge on any atom is 0.408 e. The lowest BCUT2D eigenvalue weighted by Crippen LogP contribution is -2.57. The minimum absolute atomic E-state index is 0. The Balaban J connectivity index is 0.00000480. The highest BCUT2D eigenvalue weighted by molar-refractivity contribution is 5.95. The average molecular weight is 455 g/mol. The highest BCUT2D eigenvalue weighted by atomic mass is 35.5. The number of carbonyl (C=O) groups excluding carboxylic acids is 4. The van der Waals surface area contributed by atoms with E-state index in [1.165, 1.54) is 4.90 Å². The second kappa shape index (κ2) is 12.9. The molecule has 2 rings (SSSR count). The monoisotopic (exact) mass is 454 g/mol. The summed E-state index contributed by atoms with van der Waals surface area (Å²) in [6, 6.07) is 7.69. The molecule has 1 heterocycles. The number of amides is 3. The minimum Gasteiger partial charge on any atom is -0.445 e. The SMILES string of the molecule is CC(C)C[C@H](NC(=O)OCc1ccccc1)C(=O)NC1CCN(C(=O)CN)CC1=O.Cl. The van der Waals surface area contributed by atoms with Gasteiger partial charge in [0.15, 0.2) is 5.78 Å². The van der Waals surface area contributed by atoms with Crippen molar-refractivity contribution in [3.63, 3.8) is 0 Å². The van der Waals surface area contributed by atoms with Gasteiger partial charge in [0, 0.05) is 6.54 Å². The summed E-state index contributed by atoms with van der Waals surface area (Å²) in [6.07, 6.45) is 0.00283. The Kier molecular flexibility index (Phi) is 11.0. The third-order valence-electron chi connectivity index (χ3n) is 4.80. The fourth-order valence-corrected chi connectivity index (χ4v) is 3.20. The third kappa shape index (κ3) is 8.55. The van der Waals surface area contributed by atoms with Crippen LogP contribution in [-0.4, -0.2) is 60.3 Å². The Hall–Kier alpha value is -2.65. The van der Waals surface area contributed by atoms with Crippen molar-refractivity contribution < 1.29 is 23.9 Å². The fourth-order valence-electron chi connectivity index (χ4n) is 3.20. The van der Waals surface area contributed by atoms with Crippen molar-refractivity contribution in [2.24, 2.45) is 11.7 Å². The first-order chi connectivity index (χ1) is 14.3. The highest BCUT2D eigenvalue weighted by Gasteiger charge is 2.32. The topological polar surface area (TPSA) is 131 Å². The van der Waals surface area contributed by atoms with Gasteiger partial charge in [-0.15, -0.1) is 12.4 Å². The van der Waals surface area contributed by atoms with Crippen LogP contribution < -0.4 is 16.4 Å². The van der Waals surface area contributed by atoms with Crippen molar-refractivity contribution >= 4 is 36.1 Å². The van der Waals surface area contributed by atoms with E-state index in [9.17, 15) is 19.2 Å². The smallest absolute Gasteiger partial charge is 0.408 e. The molecule has 31 heavy (non-hydrogen) atoms. The third-order valence-corrected chi connectivity index (χ3v) is 4.80. The van der Waals surface area contributed by atoms with E-state index in [1.807, 2.05) is 44.2 Å². The molecule has 1 aliphatic heterocycles. The Morgan fingerprint density at radius 2 is 1.90 bits per heavy atom. The van der Waals surface area contributed by atoms with Crippen LogP contribution in [0.25, 0.3) is 0 Å². The Morgan fingerprint density at radius 1 is 1.23 bits per heavy atom. The van der Waals surface area contributed by atoms with Gasteiger partial charge in [0.1, 0.15) is 12.6 Å². The standard InChI is InChI=1S/C21H30N4O5.ClH/c1-14(2)10-17(24-21(29)30-13-15-6-4-3-5-7-15)20(28)23-16-8-9-25(12-18(16)26)19(27)11-22;/h3-7,14,16-17H,8-13,22H2,1-2H3,(H,23,28)(H,24,29);1H/t16?,17-;/m0./s1. The molecule has 1 aromatic carbocycles. The van der Waals surface area contributed by atoms with E-state index in [2.05, 4.69) is 10.6 Å². The summed E-state index contributed by atoms with van der Waals surface area (Å²) in [6.45, 7) is 4.06. The second-order valence-corrected chi connectivity index (χ2v) is 7.72. The predicted octanol–water partition coefficient (Wildman–Crippen LogP) is 0.994. The lowest BCUT2D eigenvalue weighted by Gasteiger charge is -2.32. The van der Waals surface area contributed by atoms with Gasteiger partial charge in [0.05, 0.1) is 19.1 Å². The zero-order valence-corrected chi connectivity index (χ0v) is 18.7. The number of benzene rings is 1. The summed E-state index contributed by atoms with van der Waals surface area (Å²) in [7, 11) is 0. The molecule has 9 nitrogen and oxygen atoms in total. The number of halogens is 1. The van der Waals surface area contributed by atoms with Crippen LogP contribution in [0.3, 0.4) is 0 Å². The van der Waals surface area contributed by atoms with Crippen LogP contribution >= 0.6 is 12.4 Å². The molecule has 1 fully saturated rings. The molecule has 0 radical (unpaired) electrons. The molecule has 172 valence electrons. The van der Waals surface area contributed by atoms with Crippen LogP contribution in [0.5, 0.6) is 0 Å². The molecule has 1 unspecified atom stereocenters. The van der Waals surface area contributed by atoms with Gasteiger partial charge in [-0.2, -0.15) is 0 Å². The summed E-state index contributed by atoms with van der Waals surface area (Å²) >= 11 is 0. The molecular formula is C21H31ClN4O5. The number of likely N-dealkylation sites (tertiary alicyclic amines) is 1. The highest BCUT2D eigenvalue weighted by Crippen LogP contribution is 2.11. The molecule has 4 N–H and O–H groups in total. The number of hydrogen-bond acceptors (Lipinski definition) is 6. The summed E-state index contributed by atoms with van der Waals surface area (Å²) < 4.78 is 5.20. The van der Waals surface area contributed by atoms with Crippen LogP contribution in [0.4, 0.5) is 4.79 Å². The van der Waals surface area contributed by atoms with E-state index in [-0.39, 0.29) is 49.7 Å². The second-order valence-electron chi connectivity index (χ2n) is 7.72. The van der Waals surface area contributed by atoms with E-state index in [1.54, 1.807) is 0 Å². The van der Waals surface area contributed by atoms with Gasteiger partial charge in [-0.05, 0) is 24.3 Å². The number of nitrogens with one attached hydrogen (secondary N) is 2. The lowest BCUT2D eigenvalue weighted by atomic mass is 10.00. The normalized spacial score (nSPS) is 16.8. The molecule has 0 aromatic heterocycles. The van der Waals surface area contributed by atoms with Crippen molar-refractivity contribution in [2.45, 2.75) is 45.4 Å². The zero-order valence-electron chi connectivity index (χ0n) is 17.8. The quantitative estimate of drug-likeness (QED) is 0.537. The predicted molar refractivity (Wildman–Crippen MR) is 117 cm³/mol. The van der Waals surface area contributed by atoms with Crippen molar-refractivity contribution in [1.29, 1.82) is 0 Å². The number of piperidine rings is 1. The van der Waals surface area contributed by atoms with Gasteiger partial charge in [0.25, 0.3) is 0 Å². The number of ketones is 1. The largest absolute Gasteiger partial charge is 0.445 e. The maximum absolute atomic E-state index is 12.7. The van der Waals surface area contributed by atoms with E-state index in [0.717, 1.165) is 5.56 Å². The molecule has 0 spiro atoms. The first kappa shape index (κ1) is 26.4. The van der Waals surface area contributed by atoms with Crippen molar-refractivity contribution in [3.8, 4) is 0 Å². The Labute approximate surface area is 188 Å². The summed E-state index contributed by atoms with van der Waals surface area (Å²) in [5.41, 5.74) is 6.17. The van der Waals surface area contributed by atoms with E-state index in [0.29, 0.717) is 19.4 Å². The van der Waals surface area contributed by atoms with Crippen LogP contribution in [0.1, 0.15) is 32.3 Å². The van der Waals surface area contributed by atoms with Gasteiger partial charge in [-0.25, -0.2) is 4.79 Å². The number of nitrogens with two attached hydrogens (primary N) is 1. The van der Waals surface area contributed by atoms with Crippen molar-refractivity contribution in [3.05, 3.63) is 35.9 Å². The van der Waals surface area contributed by atoms with Crippen LogP contribution in [0.2, 0.25) is 0 Å². The minimum atomic E-state index is -0.829. The van der Waals surface area contributed by atoms with Crippen molar-refractivity contribution in [2.75, 3.05) is 19.6 Å². The van der Waals surface area contributed by atoms with E-state index < -0.39 is 24.1 Å². The number of Topliss-reactive ketones (excluding diaryl/α,β-unsaturated/α-hetero) is 1. The van der Waals surface area contributed by atoms with Crippen LogP contribution in [0.15, 0.2) is 30.3 Å². The van der Waals surface area contributed by atoms with Crippen LogP contribution in [0, 0.1) is 5.92 Å². The van der Waals surface area contributed by atoms with Gasteiger partial charge in [-0.3, -0.25) is 14.4 Å². The number of alkyl carbamates (subject to hydrolysis) is 1. The van der Waals surface area contributed by atoms with Gasteiger partial charge in [0.2, 0.25) is 11.8 Å². The number of hydrogen-bond donors (Lipinski definition) is 3. The van der Waals surface area contributed by atoms with Gasteiger partial charge in [-0.1, -0.05) is 44.2 Å². The zero-order chi connectivity index (χ0) is 22.1. The molecular weight excluding hydrogens is 424 g/mol. The molecule has 1 aromatic rings. The maximum atomic E-state index is 12.7. The molecule has 10 heteroatoms.